The number of aromatic nitrogens is 2. The van der Waals surface area contributed by atoms with Gasteiger partial charge >= 0.3 is 0 Å². The van der Waals surface area contributed by atoms with Crippen molar-refractivity contribution in [1.82, 2.24) is 9.97 Å². The number of aldehydes is 1. The van der Waals surface area contributed by atoms with Crippen molar-refractivity contribution in [3.05, 3.63) is 35.2 Å². The van der Waals surface area contributed by atoms with Gasteiger partial charge in [0.15, 0.2) is 11.9 Å². The number of nitrogens with zero attached hydrogens (tertiary/aromatic N) is 2. The molecule has 0 N–H and O–H groups in total. The van der Waals surface area contributed by atoms with Gasteiger partial charge in [0.1, 0.15) is 0 Å². The molecule has 2 aromatic heterocycles. The van der Waals surface area contributed by atoms with Crippen molar-refractivity contribution in [2.45, 2.75) is 26.2 Å². The maximum Gasteiger partial charge on any atom is 0.159 e. The number of hydrogen-bond donors (Lipinski definition) is 0. The second-order valence-electron chi connectivity index (χ2n) is 4.88. The summed E-state index contributed by atoms with van der Waals surface area (Å²) in [5.74, 6) is 0.726. The van der Waals surface area contributed by atoms with Gasteiger partial charge in [0.2, 0.25) is 0 Å². The summed E-state index contributed by atoms with van der Waals surface area (Å²) >= 11 is 0. The Labute approximate surface area is 99.9 Å². The fourth-order valence-corrected chi connectivity index (χ4v) is 2.48. The molecule has 1 aliphatic carbocycles. The van der Waals surface area contributed by atoms with Crippen molar-refractivity contribution < 1.29 is 4.79 Å². The van der Waals surface area contributed by atoms with Crippen LogP contribution in [0.1, 0.15) is 35.0 Å². The molecule has 0 saturated heterocycles. The molecule has 0 saturated carbocycles. The van der Waals surface area contributed by atoms with Crippen LogP contribution in [-0.2, 0) is 12.8 Å². The minimum absolute atomic E-state index is 0.614. The van der Waals surface area contributed by atoms with Crippen LogP contribution in [0.2, 0.25) is 0 Å². The lowest BCUT2D eigenvalue weighted by atomic mass is 9.87. The van der Waals surface area contributed by atoms with E-state index in [-0.39, 0.29) is 0 Å². The lowest BCUT2D eigenvalue weighted by Crippen LogP contribution is -2.13. The van der Waals surface area contributed by atoms with E-state index >= 15 is 0 Å². The predicted octanol–water partition coefficient (Wildman–Crippen LogP) is 2.57. The molecule has 17 heavy (non-hydrogen) atoms. The molecule has 3 rings (SSSR count). The minimum atomic E-state index is 0.614. The van der Waals surface area contributed by atoms with E-state index in [1.807, 2.05) is 6.07 Å². The first-order valence-corrected chi connectivity index (χ1v) is 6.00. The predicted molar refractivity (Wildman–Crippen MR) is 66.1 cm³/mol. The highest BCUT2D eigenvalue weighted by Gasteiger charge is 2.17. The Balaban J connectivity index is 2.18. The number of fused-ring (bicyclic) bond motifs is 2. The fourth-order valence-electron chi connectivity index (χ4n) is 2.48. The molecule has 86 valence electrons. The van der Waals surface area contributed by atoms with Gasteiger partial charge in [0.25, 0.3) is 0 Å². The number of carbonyl (C=O) groups excluding carboxylic acids is 1. The van der Waals surface area contributed by atoms with E-state index < -0.39 is 0 Å². The molecule has 0 amide bonds. The van der Waals surface area contributed by atoms with Crippen LogP contribution >= 0.6 is 0 Å². The second kappa shape index (κ2) is 3.91. The highest BCUT2D eigenvalue weighted by atomic mass is 16.1. The van der Waals surface area contributed by atoms with Crippen molar-refractivity contribution in [2.75, 3.05) is 0 Å². The molecule has 1 aliphatic rings. The minimum Gasteiger partial charge on any atom is -0.298 e. The Kier molecular flexibility index (Phi) is 2.39. The molecule has 1 unspecified atom stereocenters. The number of pyridine rings is 2. The van der Waals surface area contributed by atoms with Gasteiger partial charge in [-0.25, -0.2) is 9.97 Å². The Hall–Kier alpha value is -1.77. The zero-order valence-electron chi connectivity index (χ0n) is 9.81. The van der Waals surface area contributed by atoms with Crippen LogP contribution in [-0.4, -0.2) is 16.3 Å². The normalized spacial score (nSPS) is 19.0. The summed E-state index contributed by atoms with van der Waals surface area (Å²) in [5, 5.41) is 0.974. The molecule has 1 atom stereocenters. The van der Waals surface area contributed by atoms with Crippen molar-refractivity contribution in [3.63, 3.8) is 0 Å². The molecule has 0 aliphatic heterocycles. The Morgan fingerprint density at radius 2 is 2.29 bits per heavy atom. The van der Waals surface area contributed by atoms with Crippen molar-refractivity contribution >= 4 is 17.3 Å². The monoisotopic (exact) mass is 226 g/mol. The standard InChI is InChI=1S/C14H14N2O/c1-9-2-3-13-11(4-9)6-12-5-10(8-17)7-15-14(12)16-13/h5-9H,2-4H2,1H3. The van der Waals surface area contributed by atoms with E-state index in [0.29, 0.717) is 5.56 Å². The molecule has 2 aromatic rings. The average Bonchev–Trinajstić information content (AvgIpc) is 2.35. The summed E-state index contributed by atoms with van der Waals surface area (Å²) in [6.45, 7) is 2.27. The van der Waals surface area contributed by atoms with E-state index in [9.17, 15) is 4.79 Å². The van der Waals surface area contributed by atoms with Gasteiger partial charge in [-0.3, -0.25) is 4.79 Å². The first-order valence-electron chi connectivity index (χ1n) is 6.00. The topological polar surface area (TPSA) is 42.9 Å². The summed E-state index contributed by atoms with van der Waals surface area (Å²) in [4.78, 5) is 19.6. The summed E-state index contributed by atoms with van der Waals surface area (Å²) in [6.07, 6.45) is 5.75. The zero-order valence-corrected chi connectivity index (χ0v) is 9.81. The molecule has 0 spiro atoms. The van der Waals surface area contributed by atoms with Crippen molar-refractivity contribution in [1.29, 1.82) is 0 Å². The van der Waals surface area contributed by atoms with Crippen LogP contribution in [0.15, 0.2) is 18.3 Å². The third-order valence-electron chi connectivity index (χ3n) is 3.44. The van der Waals surface area contributed by atoms with Crippen LogP contribution in [0.4, 0.5) is 0 Å². The maximum absolute atomic E-state index is 10.7. The SMILES string of the molecule is CC1CCc2nc3ncc(C=O)cc3cc2C1. The van der Waals surface area contributed by atoms with Gasteiger partial charge in [-0.2, -0.15) is 0 Å². The van der Waals surface area contributed by atoms with Gasteiger partial charge in [0.05, 0.1) is 0 Å². The second-order valence-corrected chi connectivity index (χ2v) is 4.88. The third kappa shape index (κ3) is 1.82. The molecule has 0 fully saturated rings. The molecule has 0 aromatic carbocycles. The maximum atomic E-state index is 10.7. The Morgan fingerprint density at radius 3 is 3.12 bits per heavy atom. The third-order valence-corrected chi connectivity index (χ3v) is 3.44. The van der Waals surface area contributed by atoms with Gasteiger partial charge in [0, 0.05) is 22.8 Å². The average molecular weight is 226 g/mol. The highest BCUT2D eigenvalue weighted by molar-refractivity contribution is 5.84. The van der Waals surface area contributed by atoms with E-state index in [1.165, 1.54) is 17.7 Å². The quantitative estimate of drug-likeness (QED) is 0.702. The molecule has 2 heterocycles. The van der Waals surface area contributed by atoms with Crippen LogP contribution in [0.3, 0.4) is 0 Å². The Morgan fingerprint density at radius 1 is 1.41 bits per heavy atom. The molecule has 3 nitrogen and oxygen atoms in total. The molecular formula is C14H14N2O. The lowest BCUT2D eigenvalue weighted by Gasteiger charge is -2.20. The van der Waals surface area contributed by atoms with Crippen LogP contribution in [0.25, 0.3) is 11.0 Å². The van der Waals surface area contributed by atoms with E-state index in [4.69, 9.17) is 0 Å². The highest BCUT2D eigenvalue weighted by Crippen LogP contribution is 2.26. The number of rotatable bonds is 1. The number of carbonyl (C=O) groups is 1. The lowest BCUT2D eigenvalue weighted by molar-refractivity contribution is 0.112. The zero-order chi connectivity index (χ0) is 11.8. The molecule has 0 radical (unpaired) electrons. The van der Waals surface area contributed by atoms with Crippen molar-refractivity contribution in [3.8, 4) is 0 Å². The smallest absolute Gasteiger partial charge is 0.159 e. The molecule has 3 heteroatoms. The van der Waals surface area contributed by atoms with Gasteiger partial charge in [-0.05, 0) is 42.9 Å². The first-order chi connectivity index (χ1) is 8.26. The summed E-state index contributed by atoms with van der Waals surface area (Å²) in [5.41, 5.74) is 3.87. The van der Waals surface area contributed by atoms with E-state index in [0.717, 1.165) is 36.1 Å². The fraction of sp³-hybridized carbons (Fsp3) is 0.357. The van der Waals surface area contributed by atoms with Crippen LogP contribution in [0, 0.1) is 5.92 Å². The van der Waals surface area contributed by atoms with Gasteiger partial charge < -0.3 is 0 Å². The summed E-state index contributed by atoms with van der Waals surface area (Å²) in [6, 6.07) is 4.01. The van der Waals surface area contributed by atoms with Crippen LogP contribution in [0.5, 0.6) is 0 Å². The first kappa shape index (κ1) is 10.4. The van der Waals surface area contributed by atoms with E-state index in [1.54, 1.807) is 6.20 Å². The van der Waals surface area contributed by atoms with Crippen LogP contribution < -0.4 is 0 Å². The number of aryl methyl sites for hydroxylation is 1. The number of hydrogen-bond acceptors (Lipinski definition) is 3. The Bertz CT molecular complexity index is 592. The van der Waals surface area contributed by atoms with Crippen molar-refractivity contribution in [2.24, 2.45) is 5.92 Å². The van der Waals surface area contributed by atoms with Gasteiger partial charge in [-0.15, -0.1) is 0 Å². The largest absolute Gasteiger partial charge is 0.298 e. The summed E-state index contributed by atoms with van der Waals surface area (Å²) < 4.78 is 0. The summed E-state index contributed by atoms with van der Waals surface area (Å²) in [7, 11) is 0. The van der Waals surface area contributed by atoms with Gasteiger partial charge in [-0.1, -0.05) is 6.92 Å². The van der Waals surface area contributed by atoms with E-state index in [2.05, 4.69) is 23.0 Å². The molecular weight excluding hydrogens is 212 g/mol. The molecule has 0 bridgehead atoms.